The smallest absolute Gasteiger partial charge is 0.0515 e. The molecule has 0 radical (unpaired) electrons. The van der Waals surface area contributed by atoms with E-state index in [2.05, 4.69) is 32.1 Å². The molecule has 1 aliphatic heterocycles. The van der Waals surface area contributed by atoms with Crippen LogP contribution < -0.4 is 11.3 Å². The van der Waals surface area contributed by atoms with E-state index in [0.29, 0.717) is 12.0 Å². The van der Waals surface area contributed by atoms with Crippen molar-refractivity contribution in [2.45, 2.75) is 12.5 Å². The molecule has 14 heavy (non-hydrogen) atoms. The zero-order chi connectivity index (χ0) is 9.97. The third-order valence-corrected chi connectivity index (χ3v) is 5.53. The second kappa shape index (κ2) is 4.99. The van der Waals surface area contributed by atoms with E-state index >= 15 is 0 Å². The summed E-state index contributed by atoms with van der Waals surface area (Å²) in [6.45, 7) is 0. The summed E-state index contributed by atoms with van der Waals surface area (Å²) in [6.07, 6.45) is 1.27. The van der Waals surface area contributed by atoms with E-state index in [0.717, 1.165) is 0 Å². The lowest BCUT2D eigenvalue weighted by molar-refractivity contribution is 0.400. The molecule has 2 atom stereocenters. The molecule has 1 aromatic rings. The Morgan fingerprint density at radius 2 is 2.43 bits per heavy atom. The average Bonchev–Trinajstić information content (AvgIpc) is 2.80. The van der Waals surface area contributed by atoms with Crippen molar-refractivity contribution in [3.8, 4) is 0 Å². The fourth-order valence-electron chi connectivity index (χ4n) is 1.81. The Bertz CT molecular complexity index is 297. The van der Waals surface area contributed by atoms with Crippen LogP contribution in [0.4, 0.5) is 0 Å². The predicted molar refractivity (Wildman–Crippen MR) is 67.5 cm³/mol. The predicted octanol–water partition coefficient (Wildman–Crippen LogP) is 2.77. The van der Waals surface area contributed by atoms with Crippen LogP contribution in [-0.2, 0) is 0 Å². The van der Waals surface area contributed by atoms with Crippen molar-refractivity contribution in [1.29, 1.82) is 0 Å². The Morgan fingerprint density at radius 3 is 2.93 bits per heavy atom. The number of hydrazine groups is 1. The first kappa shape index (κ1) is 11.0. The Hall–Kier alpha value is 0.450. The van der Waals surface area contributed by atoms with Gasteiger partial charge < -0.3 is 0 Å². The molecule has 0 aromatic carbocycles. The van der Waals surface area contributed by atoms with Gasteiger partial charge in [-0.05, 0) is 50.7 Å². The zero-order valence-corrected chi connectivity index (χ0v) is 10.9. The first-order valence-electron chi connectivity index (χ1n) is 4.58. The standard InChI is InChI=1S/C9H13BrN2S2/c10-8-5-14-4-7(8)9(12-11)6-1-2-13-3-6/h4-6,9,12H,1-3,11H2. The maximum Gasteiger partial charge on any atom is 0.0515 e. The largest absolute Gasteiger partial charge is 0.271 e. The van der Waals surface area contributed by atoms with E-state index in [-0.39, 0.29) is 0 Å². The van der Waals surface area contributed by atoms with Crippen LogP contribution in [0.1, 0.15) is 18.0 Å². The van der Waals surface area contributed by atoms with Crippen LogP contribution in [0.5, 0.6) is 0 Å². The van der Waals surface area contributed by atoms with Gasteiger partial charge in [0, 0.05) is 9.85 Å². The van der Waals surface area contributed by atoms with Crippen molar-refractivity contribution in [2.24, 2.45) is 11.8 Å². The summed E-state index contributed by atoms with van der Waals surface area (Å²) in [5, 5.41) is 4.29. The summed E-state index contributed by atoms with van der Waals surface area (Å²) >= 11 is 7.30. The van der Waals surface area contributed by atoms with Crippen molar-refractivity contribution in [2.75, 3.05) is 11.5 Å². The number of hydrogen-bond donors (Lipinski definition) is 2. The summed E-state index contributed by atoms with van der Waals surface area (Å²) in [6, 6.07) is 0.311. The Morgan fingerprint density at radius 1 is 1.57 bits per heavy atom. The van der Waals surface area contributed by atoms with Crippen LogP contribution in [0, 0.1) is 5.92 Å². The van der Waals surface area contributed by atoms with E-state index < -0.39 is 0 Å². The quantitative estimate of drug-likeness (QED) is 0.665. The Labute approximate surface area is 101 Å². The Balaban J connectivity index is 2.16. The van der Waals surface area contributed by atoms with Crippen LogP contribution in [0.15, 0.2) is 15.2 Å². The van der Waals surface area contributed by atoms with Crippen LogP contribution in [0.2, 0.25) is 0 Å². The molecule has 0 aliphatic carbocycles. The van der Waals surface area contributed by atoms with Gasteiger partial charge in [-0.25, -0.2) is 0 Å². The molecule has 3 N–H and O–H groups in total. The highest BCUT2D eigenvalue weighted by atomic mass is 79.9. The topological polar surface area (TPSA) is 38.0 Å². The molecule has 0 amide bonds. The van der Waals surface area contributed by atoms with Crippen molar-refractivity contribution >= 4 is 39.0 Å². The van der Waals surface area contributed by atoms with Gasteiger partial charge in [-0.15, -0.1) is 0 Å². The molecule has 1 saturated heterocycles. The van der Waals surface area contributed by atoms with Gasteiger partial charge in [0.2, 0.25) is 0 Å². The van der Waals surface area contributed by atoms with E-state index in [1.807, 2.05) is 11.8 Å². The summed E-state index contributed by atoms with van der Waals surface area (Å²) < 4.78 is 1.18. The van der Waals surface area contributed by atoms with E-state index in [9.17, 15) is 0 Å². The SMILES string of the molecule is NNC(c1cscc1Br)C1CCSC1. The van der Waals surface area contributed by atoms with Crippen LogP contribution >= 0.6 is 39.0 Å². The number of thiophene rings is 1. The lowest BCUT2D eigenvalue weighted by Gasteiger charge is -2.21. The van der Waals surface area contributed by atoms with Crippen molar-refractivity contribution in [3.63, 3.8) is 0 Å². The second-order valence-corrected chi connectivity index (χ2v) is 6.19. The van der Waals surface area contributed by atoms with Crippen molar-refractivity contribution in [3.05, 3.63) is 20.8 Å². The number of halogens is 1. The minimum absolute atomic E-state index is 0.311. The van der Waals surface area contributed by atoms with Crippen molar-refractivity contribution < 1.29 is 0 Å². The molecule has 1 fully saturated rings. The highest BCUT2D eigenvalue weighted by molar-refractivity contribution is 9.10. The van der Waals surface area contributed by atoms with Gasteiger partial charge >= 0.3 is 0 Å². The summed E-state index contributed by atoms with van der Waals surface area (Å²) in [7, 11) is 0. The maximum absolute atomic E-state index is 5.64. The third-order valence-electron chi connectivity index (χ3n) is 2.59. The molecule has 1 aliphatic rings. The molecular weight excluding hydrogens is 280 g/mol. The lowest BCUT2D eigenvalue weighted by Crippen LogP contribution is -2.33. The average molecular weight is 293 g/mol. The van der Waals surface area contributed by atoms with Gasteiger partial charge in [0.25, 0.3) is 0 Å². The highest BCUT2D eigenvalue weighted by Gasteiger charge is 2.27. The molecule has 0 bridgehead atoms. The monoisotopic (exact) mass is 292 g/mol. The number of thioether (sulfide) groups is 1. The normalized spacial score (nSPS) is 24.0. The van der Waals surface area contributed by atoms with Gasteiger partial charge in [0.05, 0.1) is 6.04 Å². The van der Waals surface area contributed by atoms with Crippen molar-refractivity contribution in [1.82, 2.24) is 5.43 Å². The zero-order valence-electron chi connectivity index (χ0n) is 7.70. The van der Waals surface area contributed by atoms with Gasteiger partial charge in [-0.1, -0.05) is 0 Å². The van der Waals surface area contributed by atoms with Crippen LogP contribution in [0.3, 0.4) is 0 Å². The third kappa shape index (κ3) is 2.17. The second-order valence-electron chi connectivity index (χ2n) is 3.44. The number of nitrogens with one attached hydrogen (secondary N) is 1. The summed E-state index contributed by atoms with van der Waals surface area (Å²) in [4.78, 5) is 0. The van der Waals surface area contributed by atoms with Crippen LogP contribution in [-0.4, -0.2) is 11.5 Å². The fourth-order valence-corrected chi connectivity index (χ4v) is 4.69. The number of hydrogen-bond acceptors (Lipinski definition) is 4. The first-order chi connectivity index (χ1) is 6.83. The lowest BCUT2D eigenvalue weighted by atomic mass is 9.95. The summed E-state index contributed by atoms with van der Waals surface area (Å²) in [5.41, 5.74) is 4.26. The first-order valence-corrected chi connectivity index (χ1v) is 7.47. The minimum atomic E-state index is 0.311. The van der Waals surface area contributed by atoms with E-state index in [1.165, 1.54) is 28.0 Å². The molecule has 0 spiro atoms. The number of nitrogens with two attached hydrogens (primary N) is 1. The fraction of sp³-hybridized carbons (Fsp3) is 0.556. The minimum Gasteiger partial charge on any atom is -0.271 e. The Kier molecular flexibility index (Phi) is 3.90. The molecule has 5 heteroatoms. The van der Waals surface area contributed by atoms with Gasteiger partial charge in [-0.2, -0.15) is 23.1 Å². The molecule has 78 valence electrons. The molecule has 2 rings (SSSR count). The van der Waals surface area contributed by atoms with E-state index in [4.69, 9.17) is 5.84 Å². The number of rotatable bonds is 3. The van der Waals surface area contributed by atoms with Crippen LogP contribution in [0.25, 0.3) is 0 Å². The van der Waals surface area contributed by atoms with Gasteiger partial charge in [0.15, 0.2) is 0 Å². The summed E-state index contributed by atoms with van der Waals surface area (Å²) in [5.74, 6) is 8.80. The van der Waals surface area contributed by atoms with Gasteiger partial charge in [-0.3, -0.25) is 11.3 Å². The highest BCUT2D eigenvalue weighted by Crippen LogP contribution is 2.37. The molecule has 1 aromatic heterocycles. The molecule has 2 heterocycles. The maximum atomic E-state index is 5.64. The molecular formula is C9H13BrN2S2. The van der Waals surface area contributed by atoms with E-state index in [1.54, 1.807) is 11.3 Å². The molecule has 0 saturated carbocycles. The molecule has 2 nitrogen and oxygen atoms in total. The molecule has 2 unspecified atom stereocenters. The van der Waals surface area contributed by atoms with Gasteiger partial charge in [0.1, 0.15) is 0 Å².